The summed E-state index contributed by atoms with van der Waals surface area (Å²) in [4.78, 5) is 26.2. The van der Waals surface area contributed by atoms with E-state index in [9.17, 15) is 4.79 Å². The Morgan fingerprint density at radius 1 is 1.19 bits per heavy atom. The Morgan fingerprint density at radius 2 is 1.96 bits per heavy atom. The zero-order valence-corrected chi connectivity index (χ0v) is 15.9. The van der Waals surface area contributed by atoms with Crippen LogP contribution in [0.4, 0.5) is 5.82 Å². The number of carbonyl (C=O) groups excluding carboxylic acids is 1. The van der Waals surface area contributed by atoms with Crippen molar-refractivity contribution >= 4 is 23.4 Å². The maximum atomic E-state index is 12.5. The molecule has 1 aromatic heterocycles. The molecule has 0 spiro atoms. The van der Waals surface area contributed by atoms with Gasteiger partial charge in [-0.15, -0.1) is 0 Å². The number of nitrogens with one attached hydrogen (secondary N) is 1. The van der Waals surface area contributed by atoms with E-state index in [1.807, 2.05) is 24.3 Å². The Balaban J connectivity index is 1.48. The Kier molecular flexibility index (Phi) is 5.16. The van der Waals surface area contributed by atoms with Crippen molar-refractivity contribution < 1.29 is 14.4 Å². The van der Waals surface area contributed by atoms with Crippen molar-refractivity contribution in [3.63, 3.8) is 0 Å². The normalized spacial score (nSPS) is 23.7. The predicted molar refractivity (Wildman–Crippen MR) is 102 cm³/mol. The van der Waals surface area contributed by atoms with Crippen molar-refractivity contribution in [1.82, 2.24) is 9.97 Å². The zero-order chi connectivity index (χ0) is 18.8. The zero-order valence-electron chi connectivity index (χ0n) is 15.2. The van der Waals surface area contributed by atoms with E-state index in [1.54, 1.807) is 13.2 Å². The Labute approximate surface area is 163 Å². The lowest BCUT2D eigenvalue weighted by molar-refractivity contribution is -0.151. The van der Waals surface area contributed by atoms with Crippen LogP contribution < -0.4 is 10.2 Å². The number of halogens is 1. The van der Waals surface area contributed by atoms with Crippen molar-refractivity contribution in [3.05, 3.63) is 35.6 Å². The highest BCUT2D eigenvalue weighted by Crippen LogP contribution is 2.45. The maximum Gasteiger partial charge on any atom is 0.335 e. The molecule has 2 bridgehead atoms. The summed E-state index contributed by atoms with van der Waals surface area (Å²) in [5.74, 6) is 1.90. The van der Waals surface area contributed by atoms with Gasteiger partial charge in [-0.05, 0) is 54.8 Å². The highest BCUT2D eigenvalue weighted by atomic mass is 35.5. The molecule has 3 aliphatic carbocycles. The maximum absolute atomic E-state index is 12.5. The molecule has 0 saturated heterocycles. The lowest BCUT2D eigenvalue weighted by Gasteiger charge is -2.40. The molecule has 1 N–H and O–H groups in total. The van der Waals surface area contributed by atoms with Gasteiger partial charge in [0.15, 0.2) is 5.82 Å². The number of nitrogens with zero attached hydrogens (tertiary/aromatic N) is 2. The first-order chi connectivity index (χ1) is 13.1. The number of fused-ring (bicyclic) bond motifs is 3. The van der Waals surface area contributed by atoms with Crippen LogP contribution in [0.1, 0.15) is 32.1 Å². The van der Waals surface area contributed by atoms with Gasteiger partial charge in [0.25, 0.3) is 0 Å². The van der Waals surface area contributed by atoms with Crippen LogP contribution in [-0.2, 0) is 9.63 Å². The number of hydrogen-bond donors (Lipinski definition) is 1. The topological polar surface area (TPSA) is 73.3 Å². The third kappa shape index (κ3) is 3.86. The van der Waals surface area contributed by atoms with E-state index >= 15 is 0 Å². The molecule has 1 aromatic carbocycles. The van der Waals surface area contributed by atoms with Crippen LogP contribution in [0.5, 0.6) is 5.75 Å². The molecule has 7 heteroatoms. The summed E-state index contributed by atoms with van der Waals surface area (Å²) >= 11 is 6.07. The summed E-state index contributed by atoms with van der Waals surface area (Å²) in [5.41, 5.74) is 4.03. The minimum atomic E-state index is -0.210. The fraction of sp³-hybridized carbons (Fsp3) is 0.450. The van der Waals surface area contributed by atoms with E-state index in [-0.39, 0.29) is 17.2 Å². The summed E-state index contributed by atoms with van der Waals surface area (Å²) in [7, 11) is 1.60. The highest BCUT2D eigenvalue weighted by molar-refractivity contribution is 6.28. The number of carbonyl (C=O) groups is 1. The van der Waals surface area contributed by atoms with E-state index in [0.29, 0.717) is 29.1 Å². The molecule has 142 valence electrons. The fourth-order valence-electron chi connectivity index (χ4n) is 4.31. The monoisotopic (exact) mass is 387 g/mol. The standard InChI is InChI=1S/C20H22ClN3O3/c1-26-17-5-3-2-4-14(17)16-11-18(23-20(21)22-16)24-27-19(25)15-10-12-6-8-13(15)9-7-12/h2-5,11-13,15H,6-10H2,1H3,(H,22,23,24). The van der Waals surface area contributed by atoms with Crippen LogP contribution in [0.15, 0.2) is 30.3 Å². The van der Waals surface area contributed by atoms with Crippen molar-refractivity contribution in [2.24, 2.45) is 17.8 Å². The average Bonchev–Trinajstić information content (AvgIpc) is 2.72. The molecule has 5 rings (SSSR count). The SMILES string of the molecule is COc1ccccc1-c1cc(NOC(=O)C2CC3CCC2CC3)nc(Cl)n1. The minimum absolute atomic E-state index is 0.0176. The number of hydrogen-bond acceptors (Lipinski definition) is 6. The molecule has 0 radical (unpaired) electrons. The minimum Gasteiger partial charge on any atom is -0.496 e. The van der Waals surface area contributed by atoms with Gasteiger partial charge in [0, 0.05) is 11.6 Å². The van der Waals surface area contributed by atoms with E-state index in [4.69, 9.17) is 21.2 Å². The molecule has 1 unspecified atom stereocenters. The van der Waals surface area contributed by atoms with Gasteiger partial charge in [-0.3, -0.25) is 0 Å². The molecule has 1 atom stereocenters. The van der Waals surface area contributed by atoms with Gasteiger partial charge in [0.05, 0.1) is 18.7 Å². The number of aromatic nitrogens is 2. The Hall–Kier alpha value is -2.34. The second-order valence-electron chi connectivity index (χ2n) is 7.25. The molecular weight excluding hydrogens is 366 g/mol. The molecule has 1 heterocycles. The Morgan fingerprint density at radius 3 is 2.67 bits per heavy atom. The summed E-state index contributed by atoms with van der Waals surface area (Å²) < 4.78 is 5.38. The molecule has 0 amide bonds. The Bertz CT molecular complexity index is 837. The lowest BCUT2D eigenvalue weighted by atomic mass is 9.65. The van der Waals surface area contributed by atoms with Crippen LogP contribution in [0.25, 0.3) is 11.3 Å². The number of anilines is 1. The quantitative estimate of drug-likeness (QED) is 0.601. The molecule has 3 fully saturated rings. The van der Waals surface area contributed by atoms with E-state index in [1.165, 1.54) is 12.8 Å². The van der Waals surface area contributed by atoms with Gasteiger partial charge in [0.2, 0.25) is 5.28 Å². The molecule has 0 aliphatic heterocycles. The third-order valence-electron chi connectivity index (χ3n) is 5.69. The van der Waals surface area contributed by atoms with Gasteiger partial charge in [-0.2, -0.15) is 4.98 Å². The first kappa shape index (κ1) is 18.0. The fourth-order valence-corrected chi connectivity index (χ4v) is 4.49. The number of ether oxygens (including phenoxy) is 1. The molecular formula is C20H22ClN3O3. The second kappa shape index (κ2) is 7.72. The van der Waals surface area contributed by atoms with Crippen molar-refractivity contribution in [2.75, 3.05) is 12.6 Å². The number of benzene rings is 1. The smallest absolute Gasteiger partial charge is 0.335 e. The highest BCUT2D eigenvalue weighted by Gasteiger charge is 2.40. The van der Waals surface area contributed by atoms with E-state index in [0.717, 1.165) is 24.8 Å². The summed E-state index contributed by atoms with van der Waals surface area (Å²) in [6, 6.07) is 9.18. The molecule has 3 saturated carbocycles. The number of rotatable bonds is 5. The van der Waals surface area contributed by atoms with Crippen LogP contribution in [0.3, 0.4) is 0 Å². The average molecular weight is 388 g/mol. The molecule has 27 heavy (non-hydrogen) atoms. The van der Waals surface area contributed by atoms with Crippen molar-refractivity contribution in [3.8, 4) is 17.0 Å². The van der Waals surface area contributed by atoms with E-state index in [2.05, 4.69) is 15.4 Å². The van der Waals surface area contributed by atoms with Gasteiger partial charge in [-0.25, -0.2) is 15.3 Å². The van der Waals surface area contributed by atoms with Crippen LogP contribution in [-0.4, -0.2) is 23.0 Å². The van der Waals surface area contributed by atoms with Crippen LogP contribution >= 0.6 is 11.6 Å². The largest absolute Gasteiger partial charge is 0.496 e. The van der Waals surface area contributed by atoms with Crippen molar-refractivity contribution in [2.45, 2.75) is 32.1 Å². The second-order valence-corrected chi connectivity index (χ2v) is 7.59. The molecule has 6 nitrogen and oxygen atoms in total. The summed E-state index contributed by atoms with van der Waals surface area (Å²) in [5, 5.41) is 0.0636. The lowest BCUT2D eigenvalue weighted by Crippen LogP contribution is -2.37. The van der Waals surface area contributed by atoms with Gasteiger partial charge < -0.3 is 9.57 Å². The van der Waals surface area contributed by atoms with Gasteiger partial charge in [-0.1, -0.05) is 25.0 Å². The van der Waals surface area contributed by atoms with Crippen molar-refractivity contribution in [1.29, 1.82) is 0 Å². The molecule has 3 aliphatic rings. The number of para-hydroxylation sites is 1. The van der Waals surface area contributed by atoms with Gasteiger partial charge in [0.1, 0.15) is 5.75 Å². The number of methoxy groups -OCH3 is 1. The first-order valence-corrected chi connectivity index (χ1v) is 9.66. The third-order valence-corrected chi connectivity index (χ3v) is 5.86. The van der Waals surface area contributed by atoms with Crippen LogP contribution in [0, 0.1) is 17.8 Å². The van der Waals surface area contributed by atoms with Crippen LogP contribution in [0.2, 0.25) is 5.28 Å². The van der Waals surface area contributed by atoms with Gasteiger partial charge >= 0.3 is 5.97 Å². The first-order valence-electron chi connectivity index (χ1n) is 9.28. The summed E-state index contributed by atoms with van der Waals surface area (Å²) in [6.45, 7) is 0. The summed E-state index contributed by atoms with van der Waals surface area (Å²) in [6.07, 6.45) is 5.67. The molecule has 2 aromatic rings. The predicted octanol–water partition coefficient (Wildman–Crippen LogP) is 4.50. The van der Waals surface area contributed by atoms with E-state index < -0.39 is 0 Å².